The SMILES string of the molecule is COCC(=O)Nc1ccc(C)c(N2CCCC2)c1. The molecule has 2 rings (SSSR count). The van der Waals surface area contributed by atoms with Crippen LogP contribution in [0, 0.1) is 6.92 Å². The number of ether oxygens (including phenoxy) is 1. The first kappa shape index (κ1) is 12.9. The van der Waals surface area contributed by atoms with Crippen LogP contribution in [0.4, 0.5) is 11.4 Å². The lowest BCUT2D eigenvalue weighted by atomic mass is 10.1. The Morgan fingerprint density at radius 3 is 2.78 bits per heavy atom. The number of hydrogen-bond donors (Lipinski definition) is 1. The van der Waals surface area contributed by atoms with Gasteiger partial charge in [0, 0.05) is 31.6 Å². The summed E-state index contributed by atoms with van der Waals surface area (Å²) in [4.78, 5) is 13.9. The standard InChI is InChI=1S/C14H20N2O2/c1-11-5-6-12(15-14(17)10-18-2)9-13(11)16-7-3-4-8-16/h5-6,9H,3-4,7-8,10H2,1-2H3,(H,15,17). The summed E-state index contributed by atoms with van der Waals surface area (Å²) in [5.41, 5.74) is 3.31. The molecule has 0 radical (unpaired) electrons. The summed E-state index contributed by atoms with van der Waals surface area (Å²) in [6.07, 6.45) is 2.50. The minimum atomic E-state index is -0.117. The van der Waals surface area contributed by atoms with E-state index in [2.05, 4.69) is 23.2 Å². The minimum absolute atomic E-state index is 0.0902. The highest BCUT2D eigenvalue weighted by Gasteiger charge is 2.15. The van der Waals surface area contributed by atoms with Crippen molar-refractivity contribution in [2.24, 2.45) is 0 Å². The number of anilines is 2. The number of nitrogens with zero attached hydrogens (tertiary/aromatic N) is 1. The van der Waals surface area contributed by atoms with Crippen molar-refractivity contribution in [1.82, 2.24) is 0 Å². The third-order valence-electron chi connectivity index (χ3n) is 3.22. The van der Waals surface area contributed by atoms with Gasteiger partial charge in [-0.2, -0.15) is 0 Å². The Morgan fingerprint density at radius 1 is 1.39 bits per heavy atom. The summed E-state index contributed by atoms with van der Waals surface area (Å²) in [5, 5.41) is 2.84. The molecular weight excluding hydrogens is 228 g/mol. The number of rotatable bonds is 4. The molecule has 1 N–H and O–H groups in total. The minimum Gasteiger partial charge on any atom is -0.375 e. The monoisotopic (exact) mass is 248 g/mol. The molecule has 18 heavy (non-hydrogen) atoms. The first-order valence-corrected chi connectivity index (χ1v) is 6.35. The highest BCUT2D eigenvalue weighted by molar-refractivity contribution is 5.92. The second-order valence-corrected chi connectivity index (χ2v) is 4.68. The molecule has 0 unspecified atom stereocenters. The van der Waals surface area contributed by atoms with Crippen LogP contribution in [0.15, 0.2) is 18.2 Å². The van der Waals surface area contributed by atoms with Gasteiger partial charge in [-0.3, -0.25) is 4.79 Å². The van der Waals surface area contributed by atoms with Gasteiger partial charge in [-0.05, 0) is 37.5 Å². The average molecular weight is 248 g/mol. The van der Waals surface area contributed by atoms with Crippen LogP contribution in [0.2, 0.25) is 0 Å². The molecule has 1 fully saturated rings. The van der Waals surface area contributed by atoms with Crippen LogP contribution in [0.25, 0.3) is 0 Å². The largest absolute Gasteiger partial charge is 0.375 e. The van der Waals surface area contributed by atoms with Gasteiger partial charge >= 0.3 is 0 Å². The second-order valence-electron chi connectivity index (χ2n) is 4.68. The predicted molar refractivity (Wildman–Crippen MR) is 73.1 cm³/mol. The van der Waals surface area contributed by atoms with Crippen LogP contribution in [0.3, 0.4) is 0 Å². The van der Waals surface area contributed by atoms with Crippen molar-refractivity contribution < 1.29 is 9.53 Å². The summed E-state index contributed by atoms with van der Waals surface area (Å²) < 4.78 is 4.81. The number of amides is 1. The molecule has 4 heteroatoms. The maximum Gasteiger partial charge on any atom is 0.250 e. The quantitative estimate of drug-likeness (QED) is 0.888. The maximum atomic E-state index is 11.5. The fraction of sp³-hybridized carbons (Fsp3) is 0.500. The van der Waals surface area contributed by atoms with Gasteiger partial charge in [0.05, 0.1) is 0 Å². The Labute approximate surface area is 108 Å². The molecule has 1 heterocycles. The highest BCUT2D eigenvalue weighted by atomic mass is 16.5. The number of carbonyl (C=O) groups excluding carboxylic acids is 1. The molecule has 0 aliphatic carbocycles. The number of methoxy groups -OCH3 is 1. The molecule has 4 nitrogen and oxygen atoms in total. The van der Waals surface area contributed by atoms with Crippen molar-refractivity contribution in [2.45, 2.75) is 19.8 Å². The lowest BCUT2D eigenvalue weighted by Crippen LogP contribution is -2.20. The summed E-state index contributed by atoms with van der Waals surface area (Å²) in [6.45, 7) is 4.41. The molecule has 1 aromatic carbocycles. The second kappa shape index (κ2) is 5.87. The zero-order valence-electron chi connectivity index (χ0n) is 11.0. The summed E-state index contributed by atoms with van der Waals surface area (Å²) in [7, 11) is 1.52. The summed E-state index contributed by atoms with van der Waals surface area (Å²) >= 11 is 0. The zero-order chi connectivity index (χ0) is 13.0. The average Bonchev–Trinajstić information content (AvgIpc) is 2.85. The van der Waals surface area contributed by atoms with Crippen LogP contribution in [0.1, 0.15) is 18.4 Å². The van der Waals surface area contributed by atoms with E-state index in [0.29, 0.717) is 0 Å². The Morgan fingerprint density at radius 2 is 2.11 bits per heavy atom. The summed E-state index contributed by atoms with van der Waals surface area (Å²) in [6, 6.07) is 6.03. The van der Waals surface area contributed by atoms with E-state index < -0.39 is 0 Å². The molecule has 1 aliphatic rings. The third-order valence-corrected chi connectivity index (χ3v) is 3.22. The fourth-order valence-corrected chi connectivity index (χ4v) is 2.31. The molecule has 0 saturated carbocycles. The first-order valence-electron chi connectivity index (χ1n) is 6.35. The number of aryl methyl sites for hydroxylation is 1. The molecule has 1 amide bonds. The molecule has 1 saturated heterocycles. The number of carbonyl (C=O) groups is 1. The molecule has 0 atom stereocenters. The fourth-order valence-electron chi connectivity index (χ4n) is 2.31. The first-order chi connectivity index (χ1) is 8.70. The van der Waals surface area contributed by atoms with Gasteiger partial charge in [0.1, 0.15) is 6.61 Å². The van der Waals surface area contributed by atoms with E-state index in [0.717, 1.165) is 18.8 Å². The molecule has 0 spiro atoms. The van der Waals surface area contributed by atoms with E-state index in [1.165, 1.54) is 31.2 Å². The Bertz CT molecular complexity index is 426. The van der Waals surface area contributed by atoms with E-state index >= 15 is 0 Å². The molecule has 1 aromatic rings. The van der Waals surface area contributed by atoms with Gasteiger partial charge in [-0.25, -0.2) is 0 Å². The van der Waals surface area contributed by atoms with Crippen molar-refractivity contribution >= 4 is 17.3 Å². The zero-order valence-corrected chi connectivity index (χ0v) is 11.0. The van der Waals surface area contributed by atoms with Crippen LogP contribution in [-0.2, 0) is 9.53 Å². The van der Waals surface area contributed by atoms with Crippen molar-refractivity contribution in [3.8, 4) is 0 Å². The van der Waals surface area contributed by atoms with Crippen molar-refractivity contribution in [3.63, 3.8) is 0 Å². The molecule has 98 valence electrons. The van der Waals surface area contributed by atoms with Crippen LogP contribution >= 0.6 is 0 Å². The highest BCUT2D eigenvalue weighted by Crippen LogP contribution is 2.27. The van der Waals surface area contributed by atoms with Crippen molar-refractivity contribution in [1.29, 1.82) is 0 Å². The van der Waals surface area contributed by atoms with Crippen LogP contribution in [-0.4, -0.2) is 32.7 Å². The van der Waals surface area contributed by atoms with Crippen LogP contribution < -0.4 is 10.2 Å². The Kier molecular flexibility index (Phi) is 4.20. The van der Waals surface area contributed by atoms with E-state index in [1.54, 1.807) is 0 Å². The molecular formula is C14H20N2O2. The molecule has 0 bridgehead atoms. The third kappa shape index (κ3) is 3.01. The molecule has 0 aromatic heterocycles. The number of hydrogen-bond acceptors (Lipinski definition) is 3. The van der Waals surface area contributed by atoms with Gasteiger partial charge in [-0.1, -0.05) is 6.07 Å². The Balaban J connectivity index is 2.12. The number of nitrogens with one attached hydrogen (secondary N) is 1. The smallest absolute Gasteiger partial charge is 0.250 e. The van der Waals surface area contributed by atoms with Crippen LogP contribution in [0.5, 0.6) is 0 Å². The van der Waals surface area contributed by atoms with Gasteiger partial charge < -0.3 is 15.0 Å². The molecule has 1 aliphatic heterocycles. The van der Waals surface area contributed by atoms with E-state index in [4.69, 9.17) is 4.74 Å². The Hall–Kier alpha value is -1.55. The normalized spacial score (nSPS) is 14.9. The van der Waals surface area contributed by atoms with E-state index in [1.807, 2.05) is 12.1 Å². The van der Waals surface area contributed by atoms with E-state index in [9.17, 15) is 4.79 Å². The lowest BCUT2D eigenvalue weighted by Gasteiger charge is -2.21. The maximum absolute atomic E-state index is 11.5. The van der Waals surface area contributed by atoms with Gasteiger partial charge in [0.25, 0.3) is 0 Å². The predicted octanol–water partition coefficient (Wildman–Crippen LogP) is 2.18. The lowest BCUT2D eigenvalue weighted by molar-refractivity contribution is -0.119. The van der Waals surface area contributed by atoms with Gasteiger partial charge in [-0.15, -0.1) is 0 Å². The topological polar surface area (TPSA) is 41.6 Å². The van der Waals surface area contributed by atoms with Crippen molar-refractivity contribution in [2.75, 3.05) is 37.0 Å². The summed E-state index contributed by atoms with van der Waals surface area (Å²) in [5.74, 6) is -0.117. The van der Waals surface area contributed by atoms with E-state index in [-0.39, 0.29) is 12.5 Å². The van der Waals surface area contributed by atoms with Gasteiger partial charge in [0.15, 0.2) is 0 Å². The van der Waals surface area contributed by atoms with Gasteiger partial charge in [0.2, 0.25) is 5.91 Å². The number of benzene rings is 1. The van der Waals surface area contributed by atoms with Crippen molar-refractivity contribution in [3.05, 3.63) is 23.8 Å².